The number of fused-ring (bicyclic) bond motifs is 5. The van der Waals surface area contributed by atoms with E-state index in [9.17, 15) is 27.6 Å². The highest BCUT2D eigenvalue weighted by Crippen LogP contribution is 2.46. The van der Waals surface area contributed by atoms with Gasteiger partial charge >= 0.3 is 0 Å². The normalized spacial score (nSPS) is 25.1. The Bertz CT molecular complexity index is 2380. The number of allylic oxidation sites excluding steroid dienone is 1. The van der Waals surface area contributed by atoms with Crippen molar-refractivity contribution in [1.82, 2.24) is 30.4 Å². The number of pyridine rings is 1. The van der Waals surface area contributed by atoms with E-state index in [1.807, 2.05) is 24.3 Å². The number of carbonyl (C=O) groups is 4. The first-order valence-electron chi connectivity index (χ1n) is 19.4. The van der Waals surface area contributed by atoms with Crippen LogP contribution in [0.4, 0.5) is 4.39 Å². The van der Waals surface area contributed by atoms with Gasteiger partial charge in [0.1, 0.15) is 35.3 Å². The van der Waals surface area contributed by atoms with Crippen LogP contribution in [-0.2, 0) is 24.4 Å². The van der Waals surface area contributed by atoms with Crippen molar-refractivity contribution in [2.45, 2.75) is 108 Å². The lowest BCUT2D eigenvalue weighted by Crippen LogP contribution is -2.59. The number of halogens is 1. The first-order chi connectivity index (χ1) is 27.1. The van der Waals surface area contributed by atoms with E-state index in [1.165, 1.54) is 30.9 Å². The van der Waals surface area contributed by atoms with Gasteiger partial charge in [-0.3, -0.25) is 23.9 Å². The van der Waals surface area contributed by atoms with E-state index in [-0.39, 0.29) is 49.2 Å². The third kappa shape index (κ3) is 7.83. The van der Waals surface area contributed by atoms with Crippen molar-refractivity contribution < 1.29 is 41.2 Å². The summed E-state index contributed by atoms with van der Waals surface area (Å²) in [7, 11) is -4.15. The summed E-state index contributed by atoms with van der Waals surface area (Å²) in [5.41, 5.74) is -1.06. The summed E-state index contributed by atoms with van der Waals surface area (Å²) in [6, 6.07) is 11.1. The molecule has 16 heteroatoms. The predicted molar refractivity (Wildman–Crippen MR) is 209 cm³/mol. The van der Waals surface area contributed by atoms with Crippen LogP contribution in [0.15, 0.2) is 65.2 Å². The average molecular weight is 803 g/mol. The van der Waals surface area contributed by atoms with Gasteiger partial charge in [-0.25, -0.2) is 17.8 Å². The summed E-state index contributed by atoms with van der Waals surface area (Å²) in [5.74, 6) is -3.43. The third-order valence-corrected chi connectivity index (χ3v) is 13.7. The number of nitrogens with zero attached hydrogens (tertiary/aromatic N) is 3. The molecular weight excluding hydrogens is 756 g/mol. The van der Waals surface area contributed by atoms with E-state index in [2.05, 4.69) is 25.5 Å². The molecule has 3 N–H and O–H groups in total. The van der Waals surface area contributed by atoms with Crippen LogP contribution >= 0.6 is 0 Å². The minimum Gasteiger partial charge on any atom is -0.472 e. The number of carbonyl (C=O) groups excluding carboxylic acids is 4. The SMILES string of the molecule is CCC(C)(C)S(=O)(=O)NC(=O)[C@@]12C[C@H]1/C=C\CCCCC[C@H](NC(=O)c1cc(C)on1)C(=O)N1C[C@H](Oc3nc4ccccc4c4cccc(F)c34)C[C@H]1C(=O)N2. The van der Waals surface area contributed by atoms with E-state index in [4.69, 9.17) is 9.26 Å². The standard InChI is InChI=1S/C41H47FN6O8S/c1-5-40(3,4)57(53,54)47-39(52)41-22-25(41)14-9-7-6-8-10-19-31(43-35(49)32-20-24(2)56-46-32)38(51)48-23-26(21-33(48)36(50)45-41)55-37-34-28(16-13-17-29(34)42)27-15-11-12-18-30(27)44-37/h9,11-18,20,25-26,31,33H,5-8,10,19,21-23H2,1-4H3,(H,43,49)(H,45,50)(H,47,52)/b14-9-/t25-,26-,31+,33+,41-/m1/s1. The second kappa shape index (κ2) is 15.5. The topological polar surface area (TPSA) is 190 Å². The van der Waals surface area contributed by atoms with Gasteiger partial charge < -0.3 is 24.8 Å². The van der Waals surface area contributed by atoms with Crippen LogP contribution in [0.2, 0.25) is 0 Å². The monoisotopic (exact) mass is 802 g/mol. The zero-order valence-electron chi connectivity index (χ0n) is 32.3. The van der Waals surface area contributed by atoms with Crippen LogP contribution in [-0.4, -0.2) is 82.1 Å². The van der Waals surface area contributed by atoms with Gasteiger partial charge in [0, 0.05) is 23.8 Å². The summed E-state index contributed by atoms with van der Waals surface area (Å²) in [6.07, 6.45) is 6.10. The van der Waals surface area contributed by atoms with Crippen LogP contribution in [0.5, 0.6) is 5.88 Å². The summed E-state index contributed by atoms with van der Waals surface area (Å²) in [4.78, 5) is 62.4. The number of rotatable bonds is 8. The van der Waals surface area contributed by atoms with Crippen molar-refractivity contribution in [3.63, 3.8) is 0 Å². The molecule has 2 aliphatic heterocycles. The highest BCUT2D eigenvalue weighted by molar-refractivity contribution is 7.91. The summed E-state index contributed by atoms with van der Waals surface area (Å²) in [5, 5.41) is 10.9. The first-order valence-corrected chi connectivity index (χ1v) is 20.9. The van der Waals surface area contributed by atoms with Crippen molar-refractivity contribution in [1.29, 1.82) is 0 Å². The Balaban J connectivity index is 1.24. The molecule has 1 aliphatic carbocycles. The summed E-state index contributed by atoms with van der Waals surface area (Å²) >= 11 is 0. The number of aromatic nitrogens is 2. The molecule has 4 aromatic rings. The van der Waals surface area contributed by atoms with E-state index in [0.717, 1.165) is 11.8 Å². The second-order valence-electron chi connectivity index (χ2n) is 15.8. The molecule has 14 nitrogen and oxygen atoms in total. The van der Waals surface area contributed by atoms with Crippen LogP contribution in [0.25, 0.3) is 21.7 Å². The van der Waals surface area contributed by atoms with Crippen LogP contribution in [0.1, 0.15) is 88.4 Å². The highest BCUT2D eigenvalue weighted by Gasteiger charge is 2.62. The Kier molecular flexibility index (Phi) is 10.8. The molecule has 0 unspecified atom stereocenters. The Morgan fingerprint density at radius 3 is 2.63 bits per heavy atom. The highest BCUT2D eigenvalue weighted by atomic mass is 32.2. The molecule has 2 aromatic heterocycles. The third-order valence-electron chi connectivity index (χ3n) is 11.5. The zero-order chi connectivity index (χ0) is 40.7. The number of nitrogens with one attached hydrogen (secondary N) is 3. The predicted octanol–water partition coefficient (Wildman–Crippen LogP) is 5.00. The number of hydrogen-bond acceptors (Lipinski definition) is 10. The average Bonchev–Trinajstić information content (AvgIpc) is 3.44. The fourth-order valence-electron chi connectivity index (χ4n) is 7.59. The van der Waals surface area contributed by atoms with Gasteiger partial charge in [0.2, 0.25) is 27.7 Å². The first kappa shape index (κ1) is 39.8. The lowest BCUT2D eigenvalue weighted by Gasteiger charge is -2.30. The molecule has 7 rings (SSSR count). The fourth-order valence-corrected chi connectivity index (χ4v) is 8.67. The molecule has 2 fully saturated rings. The maximum Gasteiger partial charge on any atom is 0.274 e. The van der Waals surface area contributed by atoms with E-state index >= 15 is 4.39 Å². The molecule has 3 aliphatic rings. The van der Waals surface area contributed by atoms with Crippen LogP contribution < -0.4 is 20.1 Å². The quantitative estimate of drug-likeness (QED) is 0.162. The largest absolute Gasteiger partial charge is 0.472 e. The number of para-hydroxylation sites is 1. The minimum absolute atomic E-state index is 0.0107. The molecule has 4 heterocycles. The lowest BCUT2D eigenvalue weighted by molar-refractivity contribution is -0.141. The van der Waals surface area contributed by atoms with Crippen molar-refractivity contribution in [2.24, 2.45) is 5.92 Å². The molecule has 302 valence electrons. The number of hydrogen-bond donors (Lipinski definition) is 3. The van der Waals surface area contributed by atoms with Gasteiger partial charge in [-0.05, 0) is 70.4 Å². The molecule has 57 heavy (non-hydrogen) atoms. The van der Waals surface area contributed by atoms with Crippen LogP contribution in [0.3, 0.4) is 0 Å². The number of benzene rings is 2. The summed E-state index contributed by atoms with van der Waals surface area (Å²) < 4.78 is 54.7. The van der Waals surface area contributed by atoms with Crippen molar-refractivity contribution in [3.8, 4) is 5.88 Å². The Morgan fingerprint density at radius 2 is 1.88 bits per heavy atom. The molecule has 5 atom stereocenters. The maximum absolute atomic E-state index is 15.5. The van der Waals surface area contributed by atoms with Crippen molar-refractivity contribution in [2.75, 3.05) is 6.54 Å². The minimum atomic E-state index is -4.15. The van der Waals surface area contributed by atoms with Gasteiger partial charge in [0.25, 0.3) is 11.8 Å². The van der Waals surface area contributed by atoms with Crippen molar-refractivity contribution in [3.05, 3.63) is 78.0 Å². The molecule has 0 bridgehead atoms. The number of amides is 4. The van der Waals surface area contributed by atoms with Gasteiger partial charge in [-0.15, -0.1) is 0 Å². The maximum atomic E-state index is 15.5. The van der Waals surface area contributed by atoms with Crippen molar-refractivity contribution >= 4 is 55.3 Å². The Morgan fingerprint density at radius 1 is 1.11 bits per heavy atom. The van der Waals surface area contributed by atoms with Crippen LogP contribution in [0, 0.1) is 18.7 Å². The van der Waals surface area contributed by atoms with E-state index < -0.39 is 73.9 Å². The number of sulfonamides is 1. The molecular formula is C41H47FN6O8S. The van der Waals surface area contributed by atoms with E-state index in [1.54, 1.807) is 38.1 Å². The van der Waals surface area contributed by atoms with Gasteiger partial charge in [-0.1, -0.05) is 67.4 Å². The van der Waals surface area contributed by atoms with Gasteiger partial charge in [-0.2, -0.15) is 0 Å². The Hall–Kier alpha value is -5.38. The number of aryl methyl sites for hydroxylation is 1. The fraction of sp³-hybridized carbons (Fsp3) is 0.463. The molecule has 4 amide bonds. The lowest BCUT2D eigenvalue weighted by atomic mass is 10.0. The zero-order valence-corrected chi connectivity index (χ0v) is 33.2. The molecule has 0 radical (unpaired) electrons. The Labute approximate surface area is 330 Å². The van der Waals surface area contributed by atoms with Gasteiger partial charge in [0.15, 0.2) is 5.69 Å². The molecule has 2 aromatic carbocycles. The molecule has 0 spiro atoms. The van der Waals surface area contributed by atoms with Gasteiger partial charge in [0.05, 0.1) is 22.2 Å². The summed E-state index contributed by atoms with van der Waals surface area (Å²) in [6.45, 7) is 6.23. The van der Waals surface area contributed by atoms with E-state index in [0.29, 0.717) is 35.9 Å². The molecule has 1 saturated heterocycles. The second-order valence-corrected chi connectivity index (χ2v) is 18.1. The molecule has 1 saturated carbocycles. The number of ether oxygens (including phenoxy) is 1. The smallest absolute Gasteiger partial charge is 0.274 e.